The Morgan fingerprint density at radius 2 is 1.62 bits per heavy atom. The number of nitrogens with one attached hydrogen (secondary N) is 2. The lowest BCUT2D eigenvalue weighted by Crippen LogP contribution is -2.24. The number of methoxy groups -OCH3 is 1. The Balaban J connectivity index is 1.46. The van der Waals surface area contributed by atoms with Crippen LogP contribution in [0.5, 0.6) is 5.75 Å². The first-order valence-electron chi connectivity index (χ1n) is 9.80. The summed E-state index contributed by atoms with van der Waals surface area (Å²) in [7, 11) is 1.61. The third-order valence-electron chi connectivity index (χ3n) is 4.88. The highest BCUT2D eigenvalue weighted by Crippen LogP contribution is 2.23. The van der Waals surface area contributed by atoms with Gasteiger partial charge < -0.3 is 10.1 Å². The highest BCUT2D eigenvalue weighted by atomic mass is 32.2. The summed E-state index contributed by atoms with van der Waals surface area (Å²) in [4.78, 5) is 26.2. The maximum Gasteiger partial charge on any atom is 0.329 e. The summed E-state index contributed by atoms with van der Waals surface area (Å²) in [5.74, 6) is 0.748. The van der Waals surface area contributed by atoms with Crippen molar-refractivity contribution in [3.05, 3.63) is 77.4 Å². The summed E-state index contributed by atoms with van der Waals surface area (Å²) in [6, 6.07) is 17.7. The highest BCUT2D eigenvalue weighted by Gasteiger charge is 2.14. The molecule has 1 heterocycles. The average Bonchev–Trinajstić information content (AvgIpc) is 3.20. The molecule has 8 nitrogen and oxygen atoms in total. The van der Waals surface area contributed by atoms with Crippen LogP contribution in [0.1, 0.15) is 21.5 Å². The van der Waals surface area contributed by atoms with Crippen LogP contribution in [-0.4, -0.2) is 33.3 Å². The molecule has 0 saturated heterocycles. The molecule has 2 amide bonds. The predicted molar refractivity (Wildman–Crippen MR) is 125 cm³/mol. The summed E-state index contributed by atoms with van der Waals surface area (Å²) in [6.07, 6.45) is 0. The highest BCUT2D eigenvalue weighted by molar-refractivity contribution is 8.12. The minimum atomic E-state index is -0.498. The van der Waals surface area contributed by atoms with Gasteiger partial charge in [-0.1, -0.05) is 24.3 Å². The van der Waals surface area contributed by atoms with Gasteiger partial charge in [-0.25, -0.2) is 4.79 Å². The van der Waals surface area contributed by atoms with Crippen molar-refractivity contribution in [2.24, 2.45) is 0 Å². The topological polar surface area (TPSA) is 98.1 Å². The van der Waals surface area contributed by atoms with E-state index in [1.807, 2.05) is 56.3 Å². The van der Waals surface area contributed by atoms with Gasteiger partial charge in [-0.3, -0.25) is 9.52 Å². The fraction of sp³-hybridized carbons (Fsp3) is 0.130. The van der Waals surface area contributed by atoms with Gasteiger partial charge in [0.05, 0.1) is 12.8 Å². The summed E-state index contributed by atoms with van der Waals surface area (Å²) in [6.45, 7) is 3.72. The molecule has 0 aliphatic carbocycles. The molecule has 162 valence electrons. The van der Waals surface area contributed by atoms with Crippen molar-refractivity contribution in [1.82, 2.24) is 19.7 Å². The van der Waals surface area contributed by atoms with Gasteiger partial charge in [0.1, 0.15) is 16.8 Å². The van der Waals surface area contributed by atoms with E-state index >= 15 is 0 Å². The molecule has 0 bridgehead atoms. The zero-order valence-electron chi connectivity index (χ0n) is 17.7. The van der Waals surface area contributed by atoms with Crippen molar-refractivity contribution in [3.63, 3.8) is 0 Å². The number of hydrogen-bond donors (Lipinski definition) is 2. The molecule has 32 heavy (non-hydrogen) atoms. The van der Waals surface area contributed by atoms with Crippen LogP contribution in [0.25, 0.3) is 16.7 Å². The molecule has 3 aromatic carbocycles. The monoisotopic (exact) mass is 447 g/mol. The van der Waals surface area contributed by atoms with E-state index in [0.717, 1.165) is 34.5 Å². The maximum absolute atomic E-state index is 12.4. The largest absolute Gasteiger partial charge is 0.497 e. The second kappa shape index (κ2) is 9.11. The van der Waals surface area contributed by atoms with Crippen molar-refractivity contribution < 1.29 is 14.3 Å². The summed E-state index contributed by atoms with van der Waals surface area (Å²) < 4.78 is 7.72. The van der Waals surface area contributed by atoms with Crippen LogP contribution in [0.3, 0.4) is 0 Å². The molecule has 1 aromatic heterocycles. The second-order valence-electron chi connectivity index (χ2n) is 7.10. The van der Waals surface area contributed by atoms with Gasteiger partial charge in [-0.15, -0.1) is 10.2 Å². The molecule has 0 atom stereocenters. The van der Waals surface area contributed by atoms with Crippen LogP contribution < -0.4 is 14.8 Å². The van der Waals surface area contributed by atoms with Gasteiger partial charge in [-0.05, 0) is 61.4 Å². The Morgan fingerprint density at radius 1 is 0.938 bits per heavy atom. The molecule has 0 saturated carbocycles. The number of fused-ring (bicyclic) bond motifs is 1. The summed E-state index contributed by atoms with van der Waals surface area (Å²) >= 11 is 0.742. The van der Waals surface area contributed by atoms with E-state index in [1.54, 1.807) is 25.3 Å². The van der Waals surface area contributed by atoms with Gasteiger partial charge in [0.25, 0.3) is 0 Å². The van der Waals surface area contributed by atoms with E-state index in [2.05, 4.69) is 20.2 Å². The molecule has 0 spiro atoms. The van der Waals surface area contributed by atoms with Crippen molar-refractivity contribution in [2.45, 2.75) is 13.8 Å². The van der Waals surface area contributed by atoms with Crippen LogP contribution in [0.15, 0.2) is 60.7 Å². The average molecular weight is 448 g/mol. The van der Waals surface area contributed by atoms with E-state index in [4.69, 9.17) is 4.74 Å². The van der Waals surface area contributed by atoms with E-state index in [-0.39, 0.29) is 5.12 Å². The van der Waals surface area contributed by atoms with Crippen molar-refractivity contribution in [2.75, 3.05) is 12.4 Å². The Bertz CT molecular complexity index is 1300. The number of nitrogens with zero attached hydrogens (tertiary/aromatic N) is 3. The molecular weight excluding hydrogens is 426 g/mol. The van der Waals surface area contributed by atoms with Crippen LogP contribution in [-0.2, 0) is 0 Å². The molecule has 4 aromatic rings. The number of aromatic nitrogens is 3. The fourth-order valence-electron chi connectivity index (χ4n) is 3.13. The van der Waals surface area contributed by atoms with Gasteiger partial charge in [0.2, 0.25) is 5.12 Å². The second-order valence-corrected chi connectivity index (χ2v) is 7.88. The predicted octanol–water partition coefficient (Wildman–Crippen LogP) is 4.66. The Hall–Kier alpha value is -3.85. The Labute approximate surface area is 189 Å². The molecular formula is C23H21N5O3S. The third kappa shape index (κ3) is 4.57. The Kier molecular flexibility index (Phi) is 6.09. The van der Waals surface area contributed by atoms with E-state index in [0.29, 0.717) is 22.3 Å². The van der Waals surface area contributed by atoms with Crippen molar-refractivity contribution in [1.29, 1.82) is 0 Å². The number of carbonyl (C=O) groups is 2. The molecule has 0 aliphatic rings. The maximum atomic E-state index is 12.4. The van der Waals surface area contributed by atoms with Gasteiger partial charge in [0.15, 0.2) is 0 Å². The summed E-state index contributed by atoms with van der Waals surface area (Å²) in [5.41, 5.74) is 4.95. The lowest BCUT2D eigenvalue weighted by molar-refractivity contribution is 0.108. The van der Waals surface area contributed by atoms with Crippen LogP contribution in [0, 0.1) is 13.8 Å². The fourth-order valence-corrected chi connectivity index (χ4v) is 3.71. The number of ether oxygens (including phenoxy) is 1. The number of carbonyl (C=O) groups excluding carboxylic acids is 2. The molecule has 4 rings (SSSR count). The first-order chi connectivity index (χ1) is 15.4. The first-order valence-corrected chi connectivity index (χ1v) is 10.6. The normalized spacial score (nSPS) is 10.7. The van der Waals surface area contributed by atoms with Crippen LogP contribution >= 0.6 is 11.9 Å². The molecule has 0 fully saturated rings. The minimum absolute atomic E-state index is 0.229. The van der Waals surface area contributed by atoms with Crippen LogP contribution in [0.2, 0.25) is 0 Å². The smallest absolute Gasteiger partial charge is 0.329 e. The van der Waals surface area contributed by atoms with Gasteiger partial charge in [0, 0.05) is 23.2 Å². The van der Waals surface area contributed by atoms with Gasteiger partial charge in [-0.2, -0.15) is 4.80 Å². The van der Waals surface area contributed by atoms with Crippen molar-refractivity contribution in [3.8, 4) is 11.4 Å². The Morgan fingerprint density at radius 3 is 2.31 bits per heavy atom. The standard InChI is InChI=1S/C23H21N5O3S/c1-14-6-4-5-7-18(14)22(29)32-27-23(30)24-19-13-21-20(12-15(19)2)25-28(26-21)16-8-10-17(31-3)11-9-16/h4-13H,1-3H3,(H2,24,27,30). The molecule has 0 aliphatic heterocycles. The van der Waals surface area contributed by atoms with E-state index < -0.39 is 6.03 Å². The molecule has 0 radical (unpaired) electrons. The number of benzene rings is 3. The number of urea groups is 1. The molecule has 9 heteroatoms. The summed E-state index contributed by atoms with van der Waals surface area (Å²) in [5, 5.41) is 11.6. The molecule has 0 unspecified atom stereocenters. The lowest BCUT2D eigenvalue weighted by Gasteiger charge is -2.09. The minimum Gasteiger partial charge on any atom is -0.497 e. The van der Waals surface area contributed by atoms with Gasteiger partial charge >= 0.3 is 6.03 Å². The zero-order valence-corrected chi connectivity index (χ0v) is 18.6. The van der Waals surface area contributed by atoms with E-state index in [1.165, 1.54) is 4.80 Å². The number of aryl methyl sites for hydroxylation is 2. The van der Waals surface area contributed by atoms with Crippen molar-refractivity contribution >= 4 is 39.8 Å². The zero-order chi connectivity index (χ0) is 22.7. The van der Waals surface area contributed by atoms with Crippen LogP contribution in [0.4, 0.5) is 10.5 Å². The molecule has 2 N–H and O–H groups in total. The number of hydrogen-bond acceptors (Lipinski definition) is 6. The lowest BCUT2D eigenvalue weighted by atomic mass is 10.1. The quantitative estimate of drug-likeness (QED) is 0.442. The SMILES string of the molecule is COc1ccc(-n2nc3cc(C)c(NC(=O)NSC(=O)c4ccccc4C)cc3n2)cc1. The number of amides is 2. The number of anilines is 1. The third-order valence-corrected chi connectivity index (χ3v) is 5.57. The number of rotatable bonds is 4. The van der Waals surface area contributed by atoms with E-state index in [9.17, 15) is 9.59 Å². The first kappa shape index (κ1) is 21.4.